The highest BCUT2D eigenvalue weighted by Crippen LogP contribution is 2.27. The molecular weight excluding hydrogens is 220 g/mol. The zero-order chi connectivity index (χ0) is 11.4. The summed E-state index contributed by atoms with van der Waals surface area (Å²) in [5.41, 5.74) is 1.04. The lowest BCUT2D eigenvalue weighted by Gasteiger charge is -2.30. The van der Waals surface area contributed by atoms with Gasteiger partial charge in [-0.25, -0.2) is 0 Å². The number of aryl methyl sites for hydroxylation is 1. The maximum Gasteiger partial charge on any atom is 0.0964 e. The van der Waals surface area contributed by atoms with E-state index in [0.29, 0.717) is 6.04 Å². The minimum absolute atomic E-state index is 0.644. The van der Waals surface area contributed by atoms with Crippen molar-refractivity contribution in [2.45, 2.75) is 43.5 Å². The van der Waals surface area contributed by atoms with Crippen molar-refractivity contribution in [3.8, 4) is 0 Å². The second kappa shape index (κ2) is 5.68. The van der Waals surface area contributed by atoms with Crippen molar-refractivity contribution in [3.63, 3.8) is 0 Å². The van der Waals surface area contributed by atoms with Gasteiger partial charge in [-0.05, 0) is 19.1 Å². The first-order chi connectivity index (χ1) is 7.79. The maximum atomic E-state index is 4.09. The van der Waals surface area contributed by atoms with Crippen molar-refractivity contribution in [2.75, 3.05) is 6.26 Å². The molecule has 0 saturated heterocycles. The van der Waals surface area contributed by atoms with Crippen molar-refractivity contribution < 1.29 is 0 Å². The summed E-state index contributed by atoms with van der Waals surface area (Å²) >= 11 is 1.99. The zero-order valence-electron chi connectivity index (χ0n) is 10.0. The first-order valence-electron chi connectivity index (χ1n) is 5.91. The van der Waals surface area contributed by atoms with Gasteiger partial charge in [-0.15, -0.1) is 5.10 Å². The molecule has 0 aromatic carbocycles. The summed E-state index contributed by atoms with van der Waals surface area (Å²) in [6, 6.07) is 0.644. The second-order valence-electron chi connectivity index (χ2n) is 4.43. The lowest BCUT2D eigenvalue weighted by atomic mass is 9.95. The number of aromatic nitrogens is 3. The van der Waals surface area contributed by atoms with Gasteiger partial charge in [0.15, 0.2) is 0 Å². The largest absolute Gasteiger partial charge is 0.307 e. The molecular formula is C11H20N4S. The Balaban J connectivity index is 1.84. The highest BCUT2D eigenvalue weighted by Gasteiger charge is 2.23. The molecule has 90 valence electrons. The molecule has 1 aromatic rings. The molecule has 2 atom stereocenters. The van der Waals surface area contributed by atoms with E-state index >= 15 is 0 Å². The summed E-state index contributed by atoms with van der Waals surface area (Å²) < 4.78 is 1.75. The molecule has 1 saturated carbocycles. The van der Waals surface area contributed by atoms with E-state index in [-0.39, 0.29) is 0 Å². The maximum absolute atomic E-state index is 4.09. The Morgan fingerprint density at radius 2 is 2.31 bits per heavy atom. The van der Waals surface area contributed by atoms with Crippen LogP contribution in [0.3, 0.4) is 0 Å². The molecule has 5 heteroatoms. The lowest BCUT2D eigenvalue weighted by Crippen LogP contribution is -2.40. The molecule has 16 heavy (non-hydrogen) atoms. The van der Waals surface area contributed by atoms with Gasteiger partial charge in [-0.1, -0.05) is 18.1 Å². The number of thioether (sulfide) groups is 1. The Morgan fingerprint density at radius 3 is 3.00 bits per heavy atom. The minimum atomic E-state index is 0.644. The molecule has 1 aliphatic carbocycles. The minimum Gasteiger partial charge on any atom is -0.307 e. The van der Waals surface area contributed by atoms with Crippen LogP contribution in [0.5, 0.6) is 0 Å². The molecule has 2 unspecified atom stereocenters. The van der Waals surface area contributed by atoms with Crippen molar-refractivity contribution in [1.82, 2.24) is 20.3 Å². The second-order valence-corrected chi connectivity index (χ2v) is 5.51. The predicted molar refractivity (Wildman–Crippen MR) is 67.4 cm³/mol. The van der Waals surface area contributed by atoms with Crippen LogP contribution in [0.25, 0.3) is 0 Å². The van der Waals surface area contributed by atoms with Crippen molar-refractivity contribution in [1.29, 1.82) is 0 Å². The summed E-state index contributed by atoms with van der Waals surface area (Å²) in [4.78, 5) is 0. The fraction of sp³-hybridized carbons (Fsp3) is 0.818. The molecule has 1 aliphatic rings. The van der Waals surface area contributed by atoms with Gasteiger partial charge in [0.1, 0.15) is 0 Å². The Labute approximate surface area is 101 Å². The molecule has 2 rings (SSSR count). The summed E-state index contributed by atoms with van der Waals surface area (Å²) in [5.74, 6) is 0. The summed E-state index contributed by atoms with van der Waals surface area (Å²) in [6.07, 6.45) is 9.58. The van der Waals surface area contributed by atoms with Crippen molar-refractivity contribution in [3.05, 3.63) is 11.9 Å². The van der Waals surface area contributed by atoms with E-state index in [9.17, 15) is 0 Å². The molecule has 1 aromatic heterocycles. The molecule has 0 bridgehead atoms. The van der Waals surface area contributed by atoms with Crippen LogP contribution in [0.15, 0.2) is 6.20 Å². The SMILES string of the molecule is CSC1CCCCC1NCc1cn(C)nn1. The number of rotatable bonds is 4. The average Bonchev–Trinajstić information content (AvgIpc) is 2.73. The quantitative estimate of drug-likeness (QED) is 0.867. The number of nitrogens with one attached hydrogen (secondary N) is 1. The van der Waals surface area contributed by atoms with E-state index in [0.717, 1.165) is 17.5 Å². The summed E-state index contributed by atoms with van der Waals surface area (Å²) in [7, 11) is 1.90. The van der Waals surface area contributed by atoms with Crippen LogP contribution in [0, 0.1) is 0 Å². The van der Waals surface area contributed by atoms with Crippen LogP contribution in [0.4, 0.5) is 0 Å². The van der Waals surface area contributed by atoms with Gasteiger partial charge >= 0.3 is 0 Å². The number of nitrogens with zero attached hydrogens (tertiary/aromatic N) is 3. The fourth-order valence-corrected chi connectivity index (χ4v) is 3.29. The Morgan fingerprint density at radius 1 is 1.50 bits per heavy atom. The van der Waals surface area contributed by atoms with E-state index in [4.69, 9.17) is 0 Å². The van der Waals surface area contributed by atoms with Gasteiger partial charge in [-0.3, -0.25) is 4.68 Å². The molecule has 1 fully saturated rings. The van der Waals surface area contributed by atoms with Crippen LogP contribution in [-0.4, -0.2) is 32.5 Å². The van der Waals surface area contributed by atoms with E-state index in [2.05, 4.69) is 21.9 Å². The smallest absolute Gasteiger partial charge is 0.0964 e. The highest BCUT2D eigenvalue weighted by atomic mass is 32.2. The van der Waals surface area contributed by atoms with Crippen molar-refractivity contribution >= 4 is 11.8 Å². The van der Waals surface area contributed by atoms with Crippen LogP contribution in [0.2, 0.25) is 0 Å². The van der Waals surface area contributed by atoms with Crippen LogP contribution in [-0.2, 0) is 13.6 Å². The first-order valence-corrected chi connectivity index (χ1v) is 7.20. The molecule has 1 heterocycles. The van der Waals surface area contributed by atoms with E-state index in [1.54, 1.807) is 4.68 Å². The van der Waals surface area contributed by atoms with Crippen LogP contribution >= 0.6 is 11.8 Å². The van der Waals surface area contributed by atoms with E-state index < -0.39 is 0 Å². The van der Waals surface area contributed by atoms with E-state index in [1.807, 2.05) is 25.0 Å². The summed E-state index contributed by atoms with van der Waals surface area (Å²) in [6.45, 7) is 0.843. The summed E-state index contributed by atoms with van der Waals surface area (Å²) in [5, 5.41) is 12.4. The Bertz CT molecular complexity index is 326. The van der Waals surface area contributed by atoms with Crippen molar-refractivity contribution in [2.24, 2.45) is 7.05 Å². The molecule has 0 spiro atoms. The Kier molecular flexibility index (Phi) is 4.23. The predicted octanol–water partition coefficient (Wildman–Crippen LogP) is 1.58. The standard InChI is InChI=1S/C11H20N4S/c1-15-8-9(13-14-15)7-12-10-5-3-4-6-11(10)16-2/h8,10-12H,3-7H2,1-2H3. The Hall–Kier alpha value is -0.550. The van der Waals surface area contributed by atoms with Gasteiger partial charge in [-0.2, -0.15) is 11.8 Å². The highest BCUT2D eigenvalue weighted by molar-refractivity contribution is 7.99. The molecule has 0 aliphatic heterocycles. The van der Waals surface area contributed by atoms with Gasteiger partial charge in [0.2, 0.25) is 0 Å². The van der Waals surface area contributed by atoms with Crippen LogP contribution in [0.1, 0.15) is 31.4 Å². The topological polar surface area (TPSA) is 42.7 Å². The molecule has 4 nitrogen and oxygen atoms in total. The van der Waals surface area contributed by atoms with Crippen LogP contribution < -0.4 is 5.32 Å². The third-order valence-electron chi connectivity index (χ3n) is 3.20. The van der Waals surface area contributed by atoms with Gasteiger partial charge in [0.05, 0.1) is 5.69 Å². The third-order valence-corrected chi connectivity index (χ3v) is 4.37. The van der Waals surface area contributed by atoms with Gasteiger partial charge in [0, 0.05) is 31.1 Å². The molecule has 0 amide bonds. The number of hydrogen-bond donors (Lipinski definition) is 1. The van der Waals surface area contributed by atoms with E-state index in [1.165, 1.54) is 25.7 Å². The first kappa shape index (κ1) is 11.9. The lowest BCUT2D eigenvalue weighted by molar-refractivity contribution is 0.381. The normalized spacial score (nSPS) is 25.9. The zero-order valence-corrected chi connectivity index (χ0v) is 10.8. The number of hydrogen-bond acceptors (Lipinski definition) is 4. The van der Waals surface area contributed by atoms with Gasteiger partial charge < -0.3 is 5.32 Å². The molecule has 0 radical (unpaired) electrons. The molecule has 1 N–H and O–H groups in total. The van der Waals surface area contributed by atoms with Gasteiger partial charge in [0.25, 0.3) is 0 Å². The fourth-order valence-electron chi connectivity index (χ4n) is 2.32. The average molecular weight is 240 g/mol. The monoisotopic (exact) mass is 240 g/mol. The third kappa shape index (κ3) is 2.98.